The van der Waals surface area contributed by atoms with Crippen molar-refractivity contribution in [2.45, 2.75) is 51.6 Å². The lowest BCUT2D eigenvalue weighted by atomic mass is 9.49. The molecule has 7 rings (SSSR count). The maximum Gasteiger partial charge on any atom is 0.306 e. The van der Waals surface area contributed by atoms with Gasteiger partial charge >= 0.3 is 5.97 Å². The van der Waals surface area contributed by atoms with Gasteiger partial charge in [-0.25, -0.2) is 0 Å². The van der Waals surface area contributed by atoms with E-state index in [1.165, 1.54) is 38.5 Å². The lowest BCUT2D eigenvalue weighted by molar-refractivity contribution is -0.153. The fraction of sp³-hybridized carbons (Fsp3) is 0.387. The number of carbonyl (C=O) groups excluding carboxylic acids is 1. The van der Waals surface area contributed by atoms with E-state index in [4.69, 9.17) is 4.74 Å². The van der Waals surface area contributed by atoms with Crippen LogP contribution in [0.15, 0.2) is 84.9 Å². The number of para-hydroxylation sites is 2. The summed E-state index contributed by atoms with van der Waals surface area (Å²) >= 11 is 0. The molecule has 0 aliphatic heterocycles. The molecule has 4 bridgehead atoms. The van der Waals surface area contributed by atoms with Crippen LogP contribution in [0.5, 0.6) is 0 Å². The molecule has 3 heteroatoms. The second-order valence-corrected chi connectivity index (χ2v) is 10.9. The Kier molecular flexibility index (Phi) is 5.64. The van der Waals surface area contributed by atoms with Crippen molar-refractivity contribution in [3.8, 4) is 0 Å². The molecule has 0 spiro atoms. The Hall–Kier alpha value is -3.07. The van der Waals surface area contributed by atoms with Crippen molar-refractivity contribution in [3.63, 3.8) is 0 Å². The minimum Gasteiger partial charge on any atom is -0.461 e. The molecule has 0 saturated heterocycles. The third-order valence-corrected chi connectivity index (χ3v) is 8.31. The van der Waals surface area contributed by atoms with Gasteiger partial charge in [0.25, 0.3) is 0 Å². The van der Waals surface area contributed by atoms with Gasteiger partial charge in [-0.1, -0.05) is 48.5 Å². The van der Waals surface area contributed by atoms with Gasteiger partial charge < -0.3 is 9.64 Å². The summed E-state index contributed by atoms with van der Waals surface area (Å²) in [7, 11) is 0. The lowest BCUT2D eigenvalue weighted by Crippen LogP contribution is -2.47. The van der Waals surface area contributed by atoms with Crippen LogP contribution in [0.1, 0.15) is 50.5 Å². The number of hydrogen-bond donors (Lipinski definition) is 0. The first kappa shape index (κ1) is 21.5. The number of nitrogens with zero attached hydrogens (tertiary/aromatic N) is 1. The van der Waals surface area contributed by atoms with E-state index in [1.54, 1.807) is 0 Å². The normalized spacial score (nSPS) is 26.9. The third-order valence-electron chi connectivity index (χ3n) is 8.31. The van der Waals surface area contributed by atoms with E-state index >= 15 is 0 Å². The van der Waals surface area contributed by atoms with Crippen molar-refractivity contribution in [2.24, 2.45) is 23.2 Å². The Morgan fingerprint density at radius 3 is 1.68 bits per heavy atom. The summed E-state index contributed by atoms with van der Waals surface area (Å²) in [5.74, 6) is 2.58. The molecule has 34 heavy (non-hydrogen) atoms. The number of anilines is 3. The molecule has 0 radical (unpaired) electrons. The van der Waals surface area contributed by atoms with Crippen LogP contribution >= 0.6 is 0 Å². The molecule has 4 aliphatic rings. The number of esters is 1. The molecule has 0 heterocycles. The van der Waals surface area contributed by atoms with E-state index in [1.807, 2.05) is 12.1 Å². The number of ether oxygens (including phenoxy) is 1. The molecule has 4 saturated carbocycles. The summed E-state index contributed by atoms with van der Waals surface area (Å²) < 4.78 is 5.78. The second-order valence-electron chi connectivity index (χ2n) is 10.9. The number of rotatable bonds is 7. The quantitative estimate of drug-likeness (QED) is 0.343. The zero-order valence-corrected chi connectivity index (χ0v) is 19.7. The van der Waals surface area contributed by atoms with Crippen LogP contribution in [0, 0.1) is 23.2 Å². The smallest absolute Gasteiger partial charge is 0.306 e. The fourth-order valence-electron chi connectivity index (χ4n) is 7.37. The van der Waals surface area contributed by atoms with E-state index in [0.717, 1.165) is 40.4 Å². The topological polar surface area (TPSA) is 29.5 Å². The van der Waals surface area contributed by atoms with Crippen LogP contribution in [-0.4, -0.2) is 5.97 Å². The van der Waals surface area contributed by atoms with Gasteiger partial charge in [-0.2, -0.15) is 0 Å². The zero-order chi connectivity index (χ0) is 23.0. The molecule has 0 N–H and O–H groups in total. The van der Waals surface area contributed by atoms with Gasteiger partial charge in [-0.15, -0.1) is 0 Å². The fourth-order valence-corrected chi connectivity index (χ4v) is 7.37. The summed E-state index contributed by atoms with van der Waals surface area (Å²) in [4.78, 5) is 15.1. The van der Waals surface area contributed by atoms with Gasteiger partial charge in [0.2, 0.25) is 0 Å². The van der Waals surface area contributed by atoms with E-state index in [-0.39, 0.29) is 11.4 Å². The van der Waals surface area contributed by atoms with E-state index in [2.05, 4.69) is 77.7 Å². The maximum absolute atomic E-state index is 12.8. The molecule has 4 fully saturated rings. The molecule has 0 aromatic heterocycles. The van der Waals surface area contributed by atoms with Gasteiger partial charge in [0.1, 0.15) is 6.61 Å². The van der Waals surface area contributed by atoms with Crippen molar-refractivity contribution in [2.75, 3.05) is 4.90 Å². The van der Waals surface area contributed by atoms with Crippen LogP contribution in [0.25, 0.3) is 0 Å². The highest BCUT2D eigenvalue weighted by atomic mass is 16.5. The van der Waals surface area contributed by atoms with E-state index in [9.17, 15) is 4.79 Å². The van der Waals surface area contributed by atoms with Crippen molar-refractivity contribution in [1.82, 2.24) is 0 Å². The first-order valence-corrected chi connectivity index (χ1v) is 12.8. The molecule has 174 valence electrons. The van der Waals surface area contributed by atoms with Crippen LogP contribution in [0.3, 0.4) is 0 Å². The Labute approximate surface area is 202 Å². The van der Waals surface area contributed by atoms with Gasteiger partial charge in [0.05, 0.1) is 6.42 Å². The summed E-state index contributed by atoms with van der Waals surface area (Å²) in [6.45, 7) is 0.349. The van der Waals surface area contributed by atoms with Crippen molar-refractivity contribution < 1.29 is 9.53 Å². The Morgan fingerprint density at radius 1 is 0.706 bits per heavy atom. The van der Waals surface area contributed by atoms with Gasteiger partial charge in [-0.05, 0) is 104 Å². The predicted molar refractivity (Wildman–Crippen MR) is 136 cm³/mol. The van der Waals surface area contributed by atoms with Crippen molar-refractivity contribution in [3.05, 3.63) is 90.5 Å². The van der Waals surface area contributed by atoms with Gasteiger partial charge in [-0.3, -0.25) is 4.79 Å². The highest BCUT2D eigenvalue weighted by molar-refractivity contribution is 5.76. The van der Waals surface area contributed by atoms with Crippen LogP contribution < -0.4 is 4.90 Å². The second kappa shape index (κ2) is 8.94. The number of benzene rings is 3. The third kappa shape index (κ3) is 4.36. The molecule has 3 aromatic carbocycles. The molecule has 0 amide bonds. The zero-order valence-electron chi connectivity index (χ0n) is 19.7. The number of hydrogen-bond acceptors (Lipinski definition) is 3. The Bertz CT molecular complexity index is 1050. The predicted octanol–water partition coefficient (Wildman–Crippen LogP) is 7.81. The summed E-state index contributed by atoms with van der Waals surface area (Å²) in [6.07, 6.45) is 8.58. The highest BCUT2D eigenvalue weighted by Crippen LogP contribution is 2.61. The molecule has 0 atom stereocenters. The van der Waals surface area contributed by atoms with Crippen molar-refractivity contribution >= 4 is 23.0 Å². The van der Waals surface area contributed by atoms with Gasteiger partial charge in [0.15, 0.2) is 0 Å². The minimum atomic E-state index is -0.0128. The Balaban J connectivity index is 1.12. The first-order chi connectivity index (χ1) is 16.7. The van der Waals surface area contributed by atoms with Crippen LogP contribution in [-0.2, 0) is 16.1 Å². The molecule has 4 aliphatic carbocycles. The van der Waals surface area contributed by atoms with Crippen molar-refractivity contribution in [1.29, 1.82) is 0 Å². The van der Waals surface area contributed by atoms with Crippen LogP contribution in [0.2, 0.25) is 0 Å². The van der Waals surface area contributed by atoms with Crippen LogP contribution in [0.4, 0.5) is 17.1 Å². The average molecular weight is 452 g/mol. The number of carbonyl (C=O) groups is 1. The molecular weight excluding hydrogens is 418 g/mol. The summed E-state index contributed by atoms with van der Waals surface area (Å²) in [5.41, 5.74) is 4.58. The average Bonchev–Trinajstić information content (AvgIpc) is 2.84. The van der Waals surface area contributed by atoms with E-state index in [0.29, 0.717) is 13.0 Å². The first-order valence-electron chi connectivity index (χ1n) is 12.8. The lowest BCUT2D eigenvalue weighted by Gasteiger charge is -2.56. The minimum absolute atomic E-state index is 0.0128. The SMILES string of the molecule is O=C(CC12CC3CC(CC(C3)C1)C2)OCc1ccc(N(c2ccccc2)c2ccccc2)cc1. The standard InChI is InChI=1S/C31H33NO2/c33-30(21-31-18-24-15-25(19-31)17-26(16-24)20-31)34-22-23-11-13-29(14-12-23)32(27-7-3-1-4-8-27)28-9-5-2-6-10-28/h1-14,24-26H,15-22H2. The summed E-state index contributed by atoms with van der Waals surface area (Å²) in [5, 5.41) is 0. The van der Waals surface area contributed by atoms with E-state index < -0.39 is 0 Å². The Morgan fingerprint density at radius 2 is 1.18 bits per heavy atom. The molecule has 0 unspecified atom stereocenters. The maximum atomic E-state index is 12.8. The molecular formula is C31H33NO2. The summed E-state index contributed by atoms with van der Waals surface area (Å²) in [6, 6.07) is 29.2. The molecule has 3 nitrogen and oxygen atoms in total. The highest BCUT2D eigenvalue weighted by Gasteiger charge is 2.51. The monoisotopic (exact) mass is 451 g/mol. The van der Waals surface area contributed by atoms with Gasteiger partial charge in [0, 0.05) is 17.1 Å². The largest absolute Gasteiger partial charge is 0.461 e. The molecule has 3 aromatic rings.